The van der Waals surface area contributed by atoms with Crippen LogP contribution >= 0.6 is 0 Å². The highest BCUT2D eigenvalue weighted by atomic mass is 19.4. The molecule has 2 N–H and O–H groups in total. The molecule has 148 valence electrons. The van der Waals surface area contributed by atoms with Crippen LogP contribution in [0.5, 0.6) is 0 Å². The number of nitrogens with zero attached hydrogens (tertiary/aromatic N) is 1. The minimum Gasteiger partial charge on any atom is -0.345 e. The second-order valence-corrected chi connectivity index (χ2v) is 7.67. The van der Waals surface area contributed by atoms with E-state index in [1.807, 2.05) is 32.9 Å². The van der Waals surface area contributed by atoms with Gasteiger partial charge in [0.05, 0.1) is 0 Å². The summed E-state index contributed by atoms with van der Waals surface area (Å²) in [6, 6.07) is 6.29. The van der Waals surface area contributed by atoms with E-state index in [0.717, 1.165) is 5.56 Å². The Hall–Kier alpha value is -2.58. The van der Waals surface area contributed by atoms with E-state index < -0.39 is 42.7 Å². The second-order valence-electron chi connectivity index (χ2n) is 7.67. The molecule has 27 heavy (non-hydrogen) atoms. The number of amides is 4. The van der Waals surface area contributed by atoms with Crippen LogP contribution in [-0.4, -0.2) is 42.0 Å². The molecular weight excluding hydrogens is 363 g/mol. The average molecular weight is 385 g/mol. The van der Waals surface area contributed by atoms with Crippen LogP contribution in [0.4, 0.5) is 18.0 Å². The molecule has 1 aromatic rings. The van der Waals surface area contributed by atoms with E-state index in [1.165, 1.54) is 6.92 Å². The number of nitrogens with one attached hydrogen (secondary N) is 2. The Morgan fingerprint density at radius 2 is 1.70 bits per heavy atom. The molecule has 4 amide bonds. The van der Waals surface area contributed by atoms with Crippen LogP contribution in [0.3, 0.4) is 0 Å². The van der Waals surface area contributed by atoms with Crippen molar-refractivity contribution in [2.45, 2.75) is 44.8 Å². The van der Waals surface area contributed by atoms with Crippen molar-refractivity contribution in [1.29, 1.82) is 0 Å². The maximum atomic E-state index is 12.7. The zero-order valence-electron chi connectivity index (χ0n) is 15.5. The third kappa shape index (κ3) is 4.58. The van der Waals surface area contributed by atoms with E-state index in [9.17, 15) is 27.6 Å². The predicted molar refractivity (Wildman–Crippen MR) is 91.8 cm³/mol. The minimum atomic E-state index is -4.57. The third-order valence-corrected chi connectivity index (χ3v) is 4.39. The van der Waals surface area contributed by atoms with Gasteiger partial charge in [-0.2, -0.15) is 13.2 Å². The fourth-order valence-electron chi connectivity index (χ4n) is 2.74. The lowest BCUT2D eigenvalue weighted by atomic mass is 9.84. The average Bonchev–Trinajstić information content (AvgIpc) is 2.76. The quantitative estimate of drug-likeness (QED) is 0.782. The molecule has 9 heteroatoms. The highest BCUT2D eigenvalue weighted by Gasteiger charge is 2.49. The van der Waals surface area contributed by atoms with Crippen LogP contribution in [-0.2, 0) is 20.5 Å². The van der Waals surface area contributed by atoms with Crippen molar-refractivity contribution in [2.75, 3.05) is 13.1 Å². The number of hydrogen-bond donors (Lipinski definition) is 2. The van der Waals surface area contributed by atoms with Gasteiger partial charge in [0.2, 0.25) is 5.91 Å². The van der Waals surface area contributed by atoms with Gasteiger partial charge in [-0.1, -0.05) is 45.0 Å². The fraction of sp³-hybridized carbons (Fsp3) is 0.500. The first-order valence-electron chi connectivity index (χ1n) is 8.32. The summed E-state index contributed by atoms with van der Waals surface area (Å²) in [5, 5.41) is 4.16. The van der Waals surface area contributed by atoms with Gasteiger partial charge in [0.15, 0.2) is 0 Å². The maximum Gasteiger partial charge on any atom is 0.405 e. The van der Waals surface area contributed by atoms with Gasteiger partial charge in [-0.15, -0.1) is 0 Å². The van der Waals surface area contributed by atoms with Crippen LogP contribution in [0.15, 0.2) is 24.3 Å². The molecule has 0 spiro atoms. The molecule has 0 radical (unpaired) electrons. The molecule has 1 aliphatic heterocycles. The summed E-state index contributed by atoms with van der Waals surface area (Å²) in [6.45, 7) is 5.29. The van der Waals surface area contributed by atoms with Crippen LogP contribution in [0.2, 0.25) is 0 Å². The summed E-state index contributed by atoms with van der Waals surface area (Å²) in [4.78, 5) is 37.1. The number of rotatable bonds is 4. The Morgan fingerprint density at radius 1 is 1.15 bits per heavy atom. The monoisotopic (exact) mass is 385 g/mol. The molecule has 0 aromatic heterocycles. The predicted octanol–water partition coefficient (Wildman–Crippen LogP) is 2.43. The molecule has 1 aliphatic rings. The number of alkyl halides is 3. The van der Waals surface area contributed by atoms with Crippen LogP contribution in [0.1, 0.15) is 38.8 Å². The molecule has 1 saturated heterocycles. The number of urea groups is 1. The van der Waals surface area contributed by atoms with Crippen molar-refractivity contribution in [3.8, 4) is 0 Å². The number of imide groups is 1. The van der Waals surface area contributed by atoms with E-state index in [-0.39, 0.29) is 5.41 Å². The van der Waals surface area contributed by atoms with Crippen LogP contribution < -0.4 is 10.6 Å². The van der Waals surface area contributed by atoms with Gasteiger partial charge in [0.1, 0.15) is 18.6 Å². The van der Waals surface area contributed by atoms with Crippen molar-refractivity contribution >= 4 is 17.8 Å². The van der Waals surface area contributed by atoms with Crippen molar-refractivity contribution in [3.63, 3.8) is 0 Å². The smallest absolute Gasteiger partial charge is 0.345 e. The van der Waals surface area contributed by atoms with E-state index >= 15 is 0 Å². The Morgan fingerprint density at radius 3 is 2.19 bits per heavy atom. The standard InChI is InChI=1S/C18H22F3N3O3/c1-16(2,3)11-5-7-12(8-6-11)17(4)14(26)24(15(27)23-17)9-13(25)22-10-18(19,20)21/h5-8H,9-10H2,1-4H3,(H,22,25)(H,23,27)/t17-/m0/s1. The van der Waals surface area contributed by atoms with E-state index in [0.29, 0.717) is 10.5 Å². The zero-order valence-corrected chi connectivity index (χ0v) is 15.5. The molecule has 0 saturated carbocycles. The number of carbonyl (C=O) groups is 3. The van der Waals surface area contributed by atoms with Crippen molar-refractivity contribution in [1.82, 2.24) is 15.5 Å². The van der Waals surface area contributed by atoms with Gasteiger partial charge in [-0.3, -0.25) is 14.5 Å². The normalized spacial score (nSPS) is 20.6. The Bertz CT molecular complexity index is 754. The van der Waals surface area contributed by atoms with Crippen molar-refractivity contribution in [3.05, 3.63) is 35.4 Å². The van der Waals surface area contributed by atoms with Gasteiger partial charge in [0, 0.05) is 0 Å². The summed E-state index contributed by atoms with van der Waals surface area (Å²) in [7, 11) is 0. The summed E-state index contributed by atoms with van der Waals surface area (Å²) in [6.07, 6.45) is -4.57. The largest absolute Gasteiger partial charge is 0.405 e. The topological polar surface area (TPSA) is 78.5 Å². The maximum absolute atomic E-state index is 12.7. The lowest BCUT2D eigenvalue weighted by molar-refractivity contribution is -0.141. The molecule has 1 aromatic carbocycles. The Labute approximate surface area is 155 Å². The second kappa shape index (κ2) is 6.86. The van der Waals surface area contributed by atoms with Crippen LogP contribution in [0.25, 0.3) is 0 Å². The summed E-state index contributed by atoms with van der Waals surface area (Å²) >= 11 is 0. The molecule has 2 rings (SSSR count). The van der Waals surface area contributed by atoms with E-state index in [1.54, 1.807) is 17.4 Å². The van der Waals surface area contributed by atoms with Crippen LogP contribution in [0, 0.1) is 0 Å². The molecule has 1 heterocycles. The summed E-state index contributed by atoms with van der Waals surface area (Å²) in [5.74, 6) is -1.76. The number of halogens is 3. The SMILES string of the molecule is CC(C)(C)c1ccc([C@]2(C)NC(=O)N(CC(=O)NCC(F)(F)F)C2=O)cc1. The van der Waals surface area contributed by atoms with Gasteiger partial charge < -0.3 is 10.6 Å². The summed E-state index contributed by atoms with van der Waals surface area (Å²) in [5.41, 5.74) is 0.0741. The molecule has 6 nitrogen and oxygen atoms in total. The molecule has 1 fully saturated rings. The fourth-order valence-corrected chi connectivity index (χ4v) is 2.74. The lowest BCUT2D eigenvalue weighted by Crippen LogP contribution is -2.44. The molecule has 1 atom stereocenters. The molecule has 0 bridgehead atoms. The number of hydrogen-bond acceptors (Lipinski definition) is 3. The molecule has 0 aliphatic carbocycles. The number of carbonyl (C=O) groups excluding carboxylic acids is 3. The Balaban J connectivity index is 2.15. The highest BCUT2D eigenvalue weighted by Crippen LogP contribution is 2.31. The van der Waals surface area contributed by atoms with Gasteiger partial charge in [-0.05, 0) is 23.5 Å². The lowest BCUT2D eigenvalue weighted by Gasteiger charge is -2.24. The molecular formula is C18H22F3N3O3. The van der Waals surface area contributed by atoms with E-state index in [4.69, 9.17) is 0 Å². The Kier molecular flexibility index (Phi) is 5.27. The van der Waals surface area contributed by atoms with Gasteiger partial charge in [0.25, 0.3) is 5.91 Å². The van der Waals surface area contributed by atoms with Crippen molar-refractivity contribution in [2.24, 2.45) is 0 Å². The highest BCUT2D eigenvalue weighted by molar-refractivity contribution is 6.09. The first-order valence-corrected chi connectivity index (χ1v) is 8.32. The third-order valence-electron chi connectivity index (χ3n) is 4.39. The molecule has 0 unspecified atom stereocenters. The minimum absolute atomic E-state index is 0.0923. The van der Waals surface area contributed by atoms with E-state index in [2.05, 4.69) is 5.32 Å². The zero-order chi connectivity index (χ0) is 20.6. The summed E-state index contributed by atoms with van der Waals surface area (Å²) < 4.78 is 36.5. The first kappa shape index (κ1) is 20.7. The van der Waals surface area contributed by atoms with Gasteiger partial charge in [-0.25, -0.2) is 4.79 Å². The van der Waals surface area contributed by atoms with Gasteiger partial charge >= 0.3 is 12.2 Å². The van der Waals surface area contributed by atoms with Crippen molar-refractivity contribution < 1.29 is 27.6 Å². The number of benzene rings is 1. The first-order chi connectivity index (χ1) is 12.2.